The highest BCUT2D eigenvalue weighted by molar-refractivity contribution is 6.07. The monoisotopic (exact) mass is 401 g/mol. The maximum Gasteiger partial charge on any atom is 0.258 e. The number of carbonyl (C=O) groups is 2. The fraction of sp³-hybridized carbons (Fsp3) is 0.304. The van der Waals surface area contributed by atoms with E-state index < -0.39 is 0 Å². The van der Waals surface area contributed by atoms with Crippen molar-refractivity contribution >= 4 is 23.2 Å². The van der Waals surface area contributed by atoms with Crippen molar-refractivity contribution in [3.63, 3.8) is 0 Å². The molecule has 1 aliphatic heterocycles. The Labute approximate surface area is 176 Å². The van der Waals surface area contributed by atoms with Crippen LogP contribution in [-0.2, 0) is 11.2 Å². The highest BCUT2D eigenvalue weighted by atomic mass is 16.2. The topological polar surface area (TPSA) is 100 Å². The average Bonchev–Trinajstić information content (AvgIpc) is 3.21. The number of para-hydroxylation sites is 1. The van der Waals surface area contributed by atoms with Crippen molar-refractivity contribution in [1.82, 2.24) is 4.90 Å². The molecule has 1 N–H and O–H groups in total. The third kappa shape index (κ3) is 4.95. The van der Waals surface area contributed by atoms with Gasteiger partial charge in [0.05, 0.1) is 31.5 Å². The first-order valence-corrected chi connectivity index (χ1v) is 9.89. The van der Waals surface area contributed by atoms with Crippen LogP contribution >= 0.6 is 0 Å². The van der Waals surface area contributed by atoms with Crippen LogP contribution in [0.3, 0.4) is 0 Å². The third-order valence-electron chi connectivity index (χ3n) is 5.03. The van der Waals surface area contributed by atoms with E-state index in [9.17, 15) is 9.59 Å². The summed E-state index contributed by atoms with van der Waals surface area (Å²) in [6, 6.07) is 19.0. The van der Waals surface area contributed by atoms with Gasteiger partial charge in [0.2, 0.25) is 5.91 Å². The Hall–Kier alpha value is -3.84. The van der Waals surface area contributed by atoms with Gasteiger partial charge in [0.1, 0.15) is 0 Å². The number of rotatable bonds is 8. The minimum Gasteiger partial charge on any atom is -0.376 e. The van der Waals surface area contributed by atoms with E-state index in [1.54, 1.807) is 29.2 Å². The molecule has 0 saturated carbocycles. The van der Waals surface area contributed by atoms with Gasteiger partial charge in [-0.1, -0.05) is 24.3 Å². The number of nitriles is 2. The van der Waals surface area contributed by atoms with Gasteiger partial charge in [-0.05, 0) is 36.2 Å². The normalized spacial score (nSPS) is 11.9. The van der Waals surface area contributed by atoms with E-state index in [0.29, 0.717) is 30.9 Å². The molecule has 0 fully saturated rings. The molecule has 0 aliphatic carbocycles. The quantitative estimate of drug-likeness (QED) is 0.733. The summed E-state index contributed by atoms with van der Waals surface area (Å²) in [6.07, 6.45) is 1.28. The number of hydrogen-bond acceptors (Lipinski definition) is 5. The molecule has 0 aromatic heterocycles. The van der Waals surface area contributed by atoms with Gasteiger partial charge in [-0.25, -0.2) is 0 Å². The summed E-state index contributed by atoms with van der Waals surface area (Å²) in [5.74, 6) is -0.259. The van der Waals surface area contributed by atoms with Crippen LogP contribution in [0.1, 0.15) is 28.8 Å². The molecule has 0 atom stereocenters. The van der Waals surface area contributed by atoms with E-state index in [2.05, 4.69) is 5.32 Å². The van der Waals surface area contributed by atoms with Crippen LogP contribution in [0, 0.1) is 22.7 Å². The Balaban J connectivity index is 1.64. The Morgan fingerprint density at radius 3 is 2.50 bits per heavy atom. The predicted molar refractivity (Wildman–Crippen MR) is 114 cm³/mol. The molecule has 7 nitrogen and oxygen atoms in total. The van der Waals surface area contributed by atoms with Gasteiger partial charge in [-0.3, -0.25) is 9.59 Å². The van der Waals surface area contributed by atoms with Gasteiger partial charge >= 0.3 is 0 Å². The SMILES string of the molecule is N#CCCN(CCC#N)C(=O)CNc1cccc(C(=O)N2CCc3ccccc32)c1. The number of hydrogen-bond donors (Lipinski definition) is 1. The highest BCUT2D eigenvalue weighted by Gasteiger charge is 2.25. The van der Waals surface area contributed by atoms with E-state index in [1.165, 1.54) is 10.5 Å². The van der Waals surface area contributed by atoms with Crippen molar-refractivity contribution in [2.24, 2.45) is 0 Å². The molecule has 0 spiro atoms. The summed E-state index contributed by atoms with van der Waals surface area (Å²) in [7, 11) is 0. The van der Waals surface area contributed by atoms with E-state index in [0.717, 1.165) is 12.1 Å². The fourth-order valence-electron chi connectivity index (χ4n) is 3.49. The van der Waals surface area contributed by atoms with Gasteiger partial charge in [0.15, 0.2) is 0 Å². The first kappa shape index (κ1) is 20.9. The lowest BCUT2D eigenvalue weighted by Gasteiger charge is -2.21. The number of carbonyl (C=O) groups excluding carboxylic acids is 2. The van der Waals surface area contributed by atoms with E-state index in [1.807, 2.05) is 36.4 Å². The van der Waals surface area contributed by atoms with E-state index in [-0.39, 0.29) is 31.2 Å². The Morgan fingerprint density at radius 1 is 1.03 bits per heavy atom. The Bertz CT molecular complexity index is 987. The van der Waals surface area contributed by atoms with Crippen LogP contribution in [0.25, 0.3) is 0 Å². The second-order valence-corrected chi connectivity index (χ2v) is 6.97. The maximum absolute atomic E-state index is 13.0. The molecular weight excluding hydrogens is 378 g/mol. The number of nitrogens with zero attached hydrogens (tertiary/aromatic N) is 4. The summed E-state index contributed by atoms with van der Waals surface area (Å²) in [5, 5.41) is 20.6. The maximum atomic E-state index is 13.0. The summed E-state index contributed by atoms with van der Waals surface area (Å²) in [5.41, 5.74) is 3.33. The van der Waals surface area contributed by atoms with Crippen molar-refractivity contribution in [2.75, 3.05) is 36.4 Å². The lowest BCUT2D eigenvalue weighted by molar-refractivity contribution is -0.129. The summed E-state index contributed by atoms with van der Waals surface area (Å²) in [4.78, 5) is 28.8. The van der Waals surface area contributed by atoms with Crippen molar-refractivity contribution in [1.29, 1.82) is 10.5 Å². The summed E-state index contributed by atoms with van der Waals surface area (Å²) >= 11 is 0. The molecule has 0 radical (unpaired) electrons. The zero-order valence-corrected chi connectivity index (χ0v) is 16.7. The van der Waals surface area contributed by atoms with Gasteiger partial charge in [-0.2, -0.15) is 10.5 Å². The number of benzene rings is 2. The molecular formula is C23H23N5O2. The highest BCUT2D eigenvalue weighted by Crippen LogP contribution is 2.29. The zero-order chi connectivity index (χ0) is 21.3. The summed E-state index contributed by atoms with van der Waals surface area (Å²) < 4.78 is 0. The number of fused-ring (bicyclic) bond motifs is 1. The lowest BCUT2D eigenvalue weighted by Crippen LogP contribution is -2.37. The molecule has 152 valence electrons. The van der Waals surface area contributed by atoms with Crippen LogP contribution in [0.2, 0.25) is 0 Å². The summed E-state index contributed by atoms with van der Waals surface area (Å²) in [6.45, 7) is 1.28. The molecule has 0 saturated heterocycles. The van der Waals surface area contributed by atoms with Crippen molar-refractivity contribution in [2.45, 2.75) is 19.3 Å². The van der Waals surface area contributed by atoms with Crippen molar-refractivity contribution in [3.05, 3.63) is 59.7 Å². The molecule has 7 heteroatoms. The van der Waals surface area contributed by atoms with E-state index in [4.69, 9.17) is 10.5 Å². The molecule has 0 unspecified atom stereocenters. The molecule has 0 bridgehead atoms. The first-order chi connectivity index (χ1) is 14.6. The molecule has 30 heavy (non-hydrogen) atoms. The van der Waals surface area contributed by atoms with Gasteiger partial charge in [0, 0.05) is 36.6 Å². The van der Waals surface area contributed by atoms with E-state index >= 15 is 0 Å². The zero-order valence-electron chi connectivity index (χ0n) is 16.7. The minimum absolute atomic E-state index is 0.0288. The largest absolute Gasteiger partial charge is 0.376 e. The fourth-order valence-corrected chi connectivity index (χ4v) is 3.49. The number of amides is 2. The van der Waals surface area contributed by atoms with Gasteiger partial charge in [-0.15, -0.1) is 0 Å². The first-order valence-electron chi connectivity index (χ1n) is 9.89. The van der Waals surface area contributed by atoms with Crippen LogP contribution in [0.15, 0.2) is 48.5 Å². The second-order valence-electron chi connectivity index (χ2n) is 6.97. The molecule has 2 amide bonds. The Morgan fingerprint density at radius 2 is 1.77 bits per heavy atom. The number of nitrogens with one attached hydrogen (secondary N) is 1. The standard InChI is InChI=1S/C23H23N5O2/c24-11-4-13-27(14-5-12-25)22(29)17-26-20-8-3-7-19(16-20)23(30)28-15-10-18-6-1-2-9-21(18)28/h1-3,6-9,16,26H,4-5,10,13-15,17H2. The van der Waals surface area contributed by atoms with Crippen LogP contribution in [0.4, 0.5) is 11.4 Å². The number of anilines is 2. The van der Waals surface area contributed by atoms with Crippen LogP contribution in [0.5, 0.6) is 0 Å². The molecule has 1 aliphatic rings. The van der Waals surface area contributed by atoms with Crippen LogP contribution in [-0.4, -0.2) is 42.9 Å². The average molecular weight is 401 g/mol. The third-order valence-corrected chi connectivity index (χ3v) is 5.03. The predicted octanol–water partition coefficient (Wildman–Crippen LogP) is 2.96. The van der Waals surface area contributed by atoms with Crippen molar-refractivity contribution < 1.29 is 9.59 Å². The second kappa shape index (κ2) is 10.1. The van der Waals surface area contributed by atoms with Crippen LogP contribution < -0.4 is 10.2 Å². The molecule has 2 aromatic rings. The van der Waals surface area contributed by atoms with Crippen molar-refractivity contribution in [3.8, 4) is 12.1 Å². The van der Waals surface area contributed by atoms with Gasteiger partial charge < -0.3 is 15.1 Å². The smallest absolute Gasteiger partial charge is 0.258 e. The molecule has 1 heterocycles. The van der Waals surface area contributed by atoms with Gasteiger partial charge in [0.25, 0.3) is 5.91 Å². The lowest BCUT2D eigenvalue weighted by atomic mass is 10.1. The Kier molecular flexibility index (Phi) is 7.02. The minimum atomic E-state index is -0.189. The molecule has 2 aromatic carbocycles. The molecule has 3 rings (SSSR count).